The highest BCUT2D eigenvalue weighted by atomic mass is 32.1. The molecule has 0 radical (unpaired) electrons. The Bertz CT molecular complexity index is 483. The molecule has 0 aromatic carbocycles. The molecule has 0 amide bonds. The van der Waals surface area contributed by atoms with Crippen molar-refractivity contribution in [2.75, 3.05) is 11.9 Å². The van der Waals surface area contributed by atoms with Crippen molar-refractivity contribution in [3.8, 4) is 0 Å². The maximum Gasteiger partial charge on any atom is 0.204 e. The number of anilines is 1. The molecule has 0 atom stereocenters. The molecule has 0 aliphatic rings. The summed E-state index contributed by atoms with van der Waals surface area (Å²) in [5.41, 5.74) is 1.07. The standard InChI is InChI=1S/C8H11N5S2/c1-13-5-3-6(12-13)2-4-9-7-10-11-8(14)15-7/h3,5H,2,4H2,1H3,(H,9,10)(H,11,14). The second-order valence-electron chi connectivity index (χ2n) is 3.08. The van der Waals surface area contributed by atoms with E-state index in [0.29, 0.717) is 3.95 Å². The molecule has 0 bridgehead atoms. The van der Waals surface area contributed by atoms with Crippen molar-refractivity contribution in [3.63, 3.8) is 0 Å². The van der Waals surface area contributed by atoms with Crippen molar-refractivity contribution >= 4 is 28.7 Å². The Morgan fingerprint density at radius 1 is 1.67 bits per heavy atom. The van der Waals surface area contributed by atoms with E-state index in [1.807, 2.05) is 19.3 Å². The van der Waals surface area contributed by atoms with Gasteiger partial charge in [-0.2, -0.15) is 5.10 Å². The third kappa shape index (κ3) is 2.87. The van der Waals surface area contributed by atoms with Crippen molar-refractivity contribution in [1.29, 1.82) is 0 Å². The number of aryl methyl sites for hydroxylation is 1. The normalized spacial score (nSPS) is 10.5. The minimum atomic E-state index is 0.690. The first-order chi connectivity index (χ1) is 7.24. The quantitative estimate of drug-likeness (QED) is 0.798. The molecule has 2 N–H and O–H groups in total. The van der Waals surface area contributed by atoms with Gasteiger partial charge in [-0.25, -0.2) is 0 Å². The van der Waals surface area contributed by atoms with Gasteiger partial charge in [0.25, 0.3) is 0 Å². The maximum absolute atomic E-state index is 4.92. The molecule has 0 aliphatic carbocycles. The fraction of sp³-hybridized carbons (Fsp3) is 0.375. The summed E-state index contributed by atoms with van der Waals surface area (Å²) in [7, 11) is 1.91. The van der Waals surface area contributed by atoms with Gasteiger partial charge in [0.1, 0.15) is 0 Å². The average Bonchev–Trinajstić information content (AvgIpc) is 2.76. The van der Waals surface area contributed by atoms with E-state index < -0.39 is 0 Å². The van der Waals surface area contributed by atoms with E-state index in [4.69, 9.17) is 12.2 Å². The smallest absolute Gasteiger partial charge is 0.204 e. The number of hydrogen-bond donors (Lipinski definition) is 2. The molecule has 0 saturated heterocycles. The van der Waals surface area contributed by atoms with Crippen LogP contribution in [0.15, 0.2) is 12.3 Å². The third-order valence-corrected chi connectivity index (χ3v) is 2.91. The van der Waals surface area contributed by atoms with Crippen LogP contribution in [0.1, 0.15) is 5.69 Å². The number of rotatable bonds is 4. The van der Waals surface area contributed by atoms with Crippen LogP contribution in [0.25, 0.3) is 0 Å². The fourth-order valence-corrected chi connectivity index (χ4v) is 2.01. The van der Waals surface area contributed by atoms with Gasteiger partial charge >= 0.3 is 0 Å². The number of hydrogen-bond acceptors (Lipinski definition) is 5. The lowest BCUT2D eigenvalue weighted by molar-refractivity contribution is 0.742. The van der Waals surface area contributed by atoms with Crippen LogP contribution >= 0.6 is 23.6 Å². The predicted molar refractivity (Wildman–Crippen MR) is 62.7 cm³/mol. The van der Waals surface area contributed by atoms with Crippen LogP contribution in [0, 0.1) is 3.95 Å². The first-order valence-electron chi connectivity index (χ1n) is 4.52. The minimum Gasteiger partial charge on any atom is -0.360 e. The van der Waals surface area contributed by atoms with Crippen LogP contribution in [0.2, 0.25) is 0 Å². The first-order valence-corrected chi connectivity index (χ1v) is 5.74. The van der Waals surface area contributed by atoms with E-state index in [0.717, 1.165) is 23.8 Å². The molecule has 80 valence electrons. The van der Waals surface area contributed by atoms with E-state index in [2.05, 4.69) is 20.6 Å². The molecule has 2 heterocycles. The van der Waals surface area contributed by atoms with Gasteiger partial charge in [-0.05, 0) is 18.3 Å². The van der Waals surface area contributed by atoms with E-state index in [1.165, 1.54) is 11.3 Å². The van der Waals surface area contributed by atoms with Crippen LogP contribution in [0.3, 0.4) is 0 Å². The summed E-state index contributed by atoms with van der Waals surface area (Å²) in [6.07, 6.45) is 2.82. The average molecular weight is 241 g/mol. The Kier molecular flexibility index (Phi) is 3.12. The van der Waals surface area contributed by atoms with Crippen LogP contribution in [0.5, 0.6) is 0 Å². The second kappa shape index (κ2) is 4.54. The molecule has 7 heteroatoms. The molecule has 2 aromatic rings. The molecule has 0 saturated carbocycles. The van der Waals surface area contributed by atoms with Crippen LogP contribution < -0.4 is 5.32 Å². The molecule has 0 spiro atoms. The Morgan fingerprint density at radius 3 is 3.13 bits per heavy atom. The summed E-state index contributed by atoms with van der Waals surface area (Å²) < 4.78 is 2.49. The third-order valence-electron chi connectivity index (χ3n) is 1.86. The van der Waals surface area contributed by atoms with Gasteiger partial charge in [0.2, 0.25) is 5.13 Å². The van der Waals surface area contributed by atoms with E-state index in [-0.39, 0.29) is 0 Å². The largest absolute Gasteiger partial charge is 0.360 e. The van der Waals surface area contributed by atoms with E-state index in [9.17, 15) is 0 Å². The Morgan fingerprint density at radius 2 is 2.53 bits per heavy atom. The lowest BCUT2D eigenvalue weighted by Gasteiger charge is -1.98. The lowest BCUT2D eigenvalue weighted by Crippen LogP contribution is -2.05. The minimum absolute atomic E-state index is 0.690. The summed E-state index contributed by atoms with van der Waals surface area (Å²) in [5.74, 6) is 0. The zero-order valence-corrected chi connectivity index (χ0v) is 9.86. The Hall–Kier alpha value is -1.21. The van der Waals surface area contributed by atoms with E-state index in [1.54, 1.807) is 4.68 Å². The predicted octanol–water partition coefficient (Wildman–Crippen LogP) is 1.59. The Balaban J connectivity index is 1.82. The van der Waals surface area contributed by atoms with Crippen molar-refractivity contribution in [2.24, 2.45) is 7.05 Å². The zero-order chi connectivity index (χ0) is 10.7. The van der Waals surface area contributed by atoms with Gasteiger partial charge in [0, 0.05) is 26.2 Å². The lowest BCUT2D eigenvalue weighted by atomic mass is 10.3. The SMILES string of the molecule is Cn1ccc(CCNc2n[nH]c(=S)s2)n1. The van der Waals surface area contributed by atoms with Gasteiger partial charge < -0.3 is 5.32 Å². The molecule has 2 rings (SSSR count). The molecule has 0 aliphatic heterocycles. The van der Waals surface area contributed by atoms with Crippen molar-refractivity contribution < 1.29 is 0 Å². The van der Waals surface area contributed by atoms with Crippen molar-refractivity contribution in [3.05, 3.63) is 21.9 Å². The van der Waals surface area contributed by atoms with Crippen LogP contribution in [-0.2, 0) is 13.5 Å². The molecular weight excluding hydrogens is 230 g/mol. The summed E-state index contributed by atoms with van der Waals surface area (Å²) in [4.78, 5) is 0. The van der Waals surface area contributed by atoms with Crippen LogP contribution in [-0.4, -0.2) is 26.5 Å². The highest BCUT2D eigenvalue weighted by Crippen LogP contribution is 2.10. The van der Waals surface area contributed by atoms with Crippen molar-refractivity contribution in [1.82, 2.24) is 20.0 Å². The number of aromatic amines is 1. The molecule has 2 aromatic heterocycles. The van der Waals surface area contributed by atoms with Gasteiger partial charge in [-0.1, -0.05) is 11.3 Å². The highest BCUT2D eigenvalue weighted by molar-refractivity contribution is 7.73. The fourth-order valence-electron chi connectivity index (χ4n) is 1.20. The molecular formula is C8H11N5S2. The Labute approximate surface area is 96.1 Å². The van der Waals surface area contributed by atoms with Gasteiger partial charge in [-0.15, -0.1) is 5.10 Å². The summed E-state index contributed by atoms with van der Waals surface area (Å²) >= 11 is 6.36. The summed E-state index contributed by atoms with van der Waals surface area (Å²) in [5, 5.41) is 15.0. The molecule has 0 fully saturated rings. The monoisotopic (exact) mass is 241 g/mol. The van der Waals surface area contributed by atoms with Gasteiger partial charge in [0.15, 0.2) is 3.95 Å². The zero-order valence-electron chi connectivity index (χ0n) is 8.23. The highest BCUT2D eigenvalue weighted by Gasteiger charge is 1.98. The number of nitrogens with zero attached hydrogens (tertiary/aromatic N) is 3. The number of nitrogens with one attached hydrogen (secondary N) is 2. The van der Waals surface area contributed by atoms with Crippen molar-refractivity contribution in [2.45, 2.75) is 6.42 Å². The molecule has 5 nitrogen and oxygen atoms in total. The second-order valence-corrected chi connectivity index (χ2v) is 4.74. The molecule has 0 unspecified atom stereocenters. The molecule has 15 heavy (non-hydrogen) atoms. The summed E-state index contributed by atoms with van der Waals surface area (Å²) in [6, 6.07) is 2.01. The van der Waals surface area contributed by atoms with E-state index >= 15 is 0 Å². The summed E-state index contributed by atoms with van der Waals surface area (Å²) in [6.45, 7) is 0.813. The number of H-pyrrole nitrogens is 1. The number of aromatic nitrogens is 4. The maximum atomic E-state index is 4.92. The van der Waals surface area contributed by atoms with Crippen LogP contribution in [0.4, 0.5) is 5.13 Å². The van der Waals surface area contributed by atoms with Gasteiger partial charge in [-0.3, -0.25) is 9.78 Å². The topological polar surface area (TPSA) is 58.5 Å². The first kappa shape index (κ1) is 10.3. The van der Waals surface area contributed by atoms with Gasteiger partial charge in [0.05, 0.1) is 5.69 Å².